The fourth-order valence-electron chi connectivity index (χ4n) is 2.68. The third-order valence-electron chi connectivity index (χ3n) is 3.84. The number of nitrogens with zero attached hydrogens (tertiary/aromatic N) is 1. The normalized spacial score (nSPS) is 12.1. The van der Waals surface area contributed by atoms with E-state index < -0.39 is 11.0 Å². The van der Waals surface area contributed by atoms with Gasteiger partial charge in [-0.2, -0.15) is 0 Å². The number of carbonyl (C=O) groups excluding carboxylic acids is 1. The molecule has 23 heavy (non-hydrogen) atoms. The summed E-state index contributed by atoms with van der Waals surface area (Å²) in [7, 11) is 0. The lowest BCUT2D eigenvalue weighted by Crippen LogP contribution is -2.09. The van der Waals surface area contributed by atoms with E-state index in [2.05, 4.69) is 6.92 Å². The van der Waals surface area contributed by atoms with Crippen molar-refractivity contribution in [2.75, 3.05) is 0 Å². The summed E-state index contributed by atoms with van der Waals surface area (Å²) in [6, 6.07) is 10.4. The maximum atomic E-state index is 11.9. The van der Waals surface area contributed by atoms with Crippen molar-refractivity contribution >= 4 is 22.4 Å². The van der Waals surface area contributed by atoms with E-state index in [1.807, 2.05) is 18.2 Å². The Hall–Kier alpha value is -2.43. The van der Waals surface area contributed by atoms with Crippen molar-refractivity contribution in [2.24, 2.45) is 0 Å². The van der Waals surface area contributed by atoms with Crippen LogP contribution in [0.1, 0.15) is 51.2 Å². The third-order valence-corrected chi connectivity index (χ3v) is 3.84. The molecule has 0 spiro atoms. The van der Waals surface area contributed by atoms with Crippen LogP contribution in [0.3, 0.4) is 0 Å². The number of esters is 1. The van der Waals surface area contributed by atoms with Crippen LogP contribution in [-0.4, -0.2) is 10.9 Å². The van der Waals surface area contributed by atoms with Crippen LogP contribution in [0.15, 0.2) is 36.4 Å². The van der Waals surface area contributed by atoms with Crippen molar-refractivity contribution in [1.82, 2.24) is 0 Å². The van der Waals surface area contributed by atoms with Crippen LogP contribution in [0.5, 0.6) is 0 Å². The average Bonchev–Trinajstić information content (AvgIpc) is 2.53. The van der Waals surface area contributed by atoms with Gasteiger partial charge in [0.1, 0.15) is 6.10 Å². The van der Waals surface area contributed by atoms with Crippen LogP contribution in [0.2, 0.25) is 0 Å². The average molecular weight is 315 g/mol. The highest BCUT2D eigenvalue weighted by atomic mass is 16.6. The molecule has 0 aliphatic heterocycles. The van der Waals surface area contributed by atoms with Gasteiger partial charge >= 0.3 is 5.97 Å². The second kappa shape index (κ2) is 7.72. The second-order valence-corrected chi connectivity index (χ2v) is 5.57. The van der Waals surface area contributed by atoms with Gasteiger partial charge in [-0.1, -0.05) is 50.1 Å². The van der Waals surface area contributed by atoms with Gasteiger partial charge in [-0.25, -0.2) is 0 Å². The van der Waals surface area contributed by atoms with Crippen LogP contribution in [-0.2, 0) is 9.53 Å². The number of unbranched alkanes of at least 4 members (excludes halogenated alkanes) is 2. The number of rotatable bonds is 7. The summed E-state index contributed by atoms with van der Waals surface area (Å²) >= 11 is 0. The van der Waals surface area contributed by atoms with Crippen LogP contribution >= 0.6 is 0 Å². The molecule has 2 aromatic rings. The van der Waals surface area contributed by atoms with Crippen molar-refractivity contribution in [3.8, 4) is 0 Å². The topological polar surface area (TPSA) is 69.4 Å². The second-order valence-electron chi connectivity index (χ2n) is 5.57. The summed E-state index contributed by atoms with van der Waals surface area (Å²) in [6.45, 7) is 3.83. The number of fused-ring (bicyclic) bond motifs is 1. The van der Waals surface area contributed by atoms with Gasteiger partial charge in [-0.05, 0) is 18.7 Å². The fraction of sp³-hybridized carbons (Fsp3) is 0.389. The number of ether oxygens (including phenoxy) is 1. The van der Waals surface area contributed by atoms with E-state index in [0.717, 1.165) is 24.6 Å². The summed E-state index contributed by atoms with van der Waals surface area (Å²) in [5.74, 6) is -0.262. The monoisotopic (exact) mass is 315 g/mol. The van der Waals surface area contributed by atoms with Gasteiger partial charge in [-0.3, -0.25) is 14.9 Å². The zero-order valence-electron chi connectivity index (χ0n) is 13.5. The largest absolute Gasteiger partial charge is 0.458 e. The molecule has 122 valence electrons. The molecule has 0 saturated heterocycles. The quantitative estimate of drug-likeness (QED) is 0.314. The minimum absolute atomic E-state index is 0.0342. The first kappa shape index (κ1) is 16.9. The van der Waals surface area contributed by atoms with Crippen LogP contribution in [0, 0.1) is 10.1 Å². The first-order valence-corrected chi connectivity index (χ1v) is 7.90. The Bertz CT molecular complexity index is 706. The van der Waals surface area contributed by atoms with Gasteiger partial charge in [-0.15, -0.1) is 0 Å². The Morgan fingerprint density at radius 3 is 2.57 bits per heavy atom. The zero-order valence-corrected chi connectivity index (χ0v) is 13.5. The van der Waals surface area contributed by atoms with Crippen LogP contribution in [0.25, 0.3) is 10.8 Å². The summed E-state index contributed by atoms with van der Waals surface area (Å²) < 4.78 is 5.46. The number of benzene rings is 2. The van der Waals surface area contributed by atoms with Gasteiger partial charge < -0.3 is 4.74 Å². The van der Waals surface area contributed by atoms with E-state index in [-0.39, 0.29) is 11.7 Å². The molecular weight excluding hydrogens is 294 g/mol. The molecule has 0 bridgehead atoms. The number of hydrogen-bond acceptors (Lipinski definition) is 4. The standard InChI is InChI=1S/C18H21NO4/c1-3-4-5-12-17(20)23-13(2)15-10-6-8-14-9-7-11-16(18(14)15)19(21)22/h6-11,13H,3-5,12H2,1-2H3. The molecule has 0 radical (unpaired) electrons. The molecule has 0 heterocycles. The lowest BCUT2D eigenvalue weighted by molar-refractivity contribution is -0.383. The van der Waals surface area contributed by atoms with Crippen molar-refractivity contribution < 1.29 is 14.5 Å². The molecule has 0 N–H and O–H groups in total. The minimum atomic E-state index is -0.520. The van der Waals surface area contributed by atoms with Crippen LogP contribution < -0.4 is 0 Å². The molecule has 1 atom stereocenters. The number of hydrogen-bond donors (Lipinski definition) is 0. The number of nitro benzene ring substituents is 1. The first-order chi connectivity index (χ1) is 11.0. The molecule has 0 saturated carbocycles. The Morgan fingerprint density at radius 2 is 1.91 bits per heavy atom. The SMILES string of the molecule is CCCCCC(=O)OC(C)c1cccc2cccc([N+](=O)[O-])c12. The Kier molecular flexibility index (Phi) is 5.68. The Labute approximate surface area is 135 Å². The van der Waals surface area contributed by atoms with Crippen molar-refractivity contribution in [1.29, 1.82) is 0 Å². The highest BCUT2D eigenvalue weighted by Crippen LogP contribution is 2.33. The van der Waals surface area contributed by atoms with E-state index in [0.29, 0.717) is 17.4 Å². The van der Waals surface area contributed by atoms with Crippen molar-refractivity contribution in [3.05, 3.63) is 52.1 Å². The lowest BCUT2D eigenvalue weighted by Gasteiger charge is -2.16. The van der Waals surface area contributed by atoms with E-state index in [4.69, 9.17) is 4.74 Å². The first-order valence-electron chi connectivity index (χ1n) is 7.90. The van der Waals surface area contributed by atoms with Crippen molar-refractivity contribution in [2.45, 2.75) is 45.6 Å². The Morgan fingerprint density at radius 1 is 1.22 bits per heavy atom. The highest BCUT2D eigenvalue weighted by Gasteiger charge is 2.20. The molecule has 5 nitrogen and oxygen atoms in total. The summed E-state index contributed by atoms with van der Waals surface area (Å²) in [5.41, 5.74) is 0.700. The summed E-state index contributed by atoms with van der Waals surface area (Å²) in [4.78, 5) is 22.8. The molecule has 0 fully saturated rings. The molecule has 2 aromatic carbocycles. The molecule has 5 heteroatoms. The van der Waals surface area contributed by atoms with E-state index in [1.165, 1.54) is 6.07 Å². The highest BCUT2D eigenvalue weighted by molar-refractivity contribution is 5.94. The molecule has 0 amide bonds. The lowest BCUT2D eigenvalue weighted by atomic mass is 9.99. The van der Waals surface area contributed by atoms with Gasteiger partial charge in [0.15, 0.2) is 0 Å². The van der Waals surface area contributed by atoms with E-state index in [9.17, 15) is 14.9 Å². The van der Waals surface area contributed by atoms with E-state index >= 15 is 0 Å². The number of nitro groups is 1. The molecule has 1 unspecified atom stereocenters. The maximum absolute atomic E-state index is 11.9. The number of carbonyl (C=O) groups is 1. The predicted molar refractivity (Wildman–Crippen MR) is 89.3 cm³/mol. The van der Waals surface area contributed by atoms with Gasteiger partial charge in [0, 0.05) is 18.1 Å². The minimum Gasteiger partial charge on any atom is -0.458 e. The zero-order chi connectivity index (χ0) is 16.8. The van der Waals surface area contributed by atoms with Gasteiger partial charge in [0.05, 0.1) is 10.3 Å². The predicted octanol–water partition coefficient (Wildman–Crippen LogP) is 4.93. The fourth-order valence-corrected chi connectivity index (χ4v) is 2.68. The van der Waals surface area contributed by atoms with E-state index in [1.54, 1.807) is 19.1 Å². The van der Waals surface area contributed by atoms with Crippen molar-refractivity contribution in [3.63, 3.8) is 0 Å². The molecule has 0 aliphatic rings. The Balaban J connectivity index is 2.28. The summed E-state index contributed by atoms with van der Waals surface area (Å²) in [6.07, 6.45) is 2.69. The molecule has 0 aromatic heterocycles. The smallest absolute Gasteiger partial charge is 0.306 e. The maximum Gasteiger partial charge on any atom is 0.306 e. The van der Waals surface area contributed by atoms with Gasteiger partial charge in [0.2, 0.25) is 0 Å². The van der Waals surface area contributed by atoms with Gasteiger partial charge in [0.25, 0.3) is 5.69 Å². The molecular formula is C18H21NO4. The summed E-state index contributed by atoms with van der Waals surface area (Å²) in [5, 5.41) is 12.6. The molecule has 0 aliphatic carbocycles. The molecule has 2 rings (SSSR count). The third kappa shape index (κ3) is 4.06. The van der Waals surface area contributed by atoms with Crippen LogP contribution in [0.4, 0.5) is 5.69 Å². The number of non-ortho nitro benzene ring substituents is 1.